The van der Waals surface area contributed by atoms with Crippen LogP contribution in [0.25, 0.3) is 0 Å². The summed E-state index contributed by atoms with van der Waals surface area (Å²) < 4.78 is 9.76. The lowest BCUT2D eigenvalue weighted by molar-refractivity contribution is -0.143. The van der Waals surface area contributed by atoms with Gasteiger partial charge in [-0.1, -0.05) is 6.92 Å². The number of esters is 1. The fraction of sp³-hybridized carbons (Fsp3) is 0.846. The lowest BCUT2D eigenvalue weighted by Crippen LogP contribution is -2.56. The van der Waals surface area contributed by atoms with E-state index in [1.54, 1.807) is 14.0 Å². The Bertz CT molecular complexity index is 331. The smallest absolute Gasteiger partial charge is 0.307 e. The molecule has 0 bridgehead atoms. The van der Waals surface area contributed by atoms with Gasteiger partial charge in [0.15, 0.2) is 0 Å². The van der Waals surface area contributed by atoms with Gasteiger partial charge in [0, 0.05) is 13.0 Å². The predicted molar refractivity (Wildman–Crippen MR) is 70.6 cm³/mol. The molecule has 0 aromatic carbocycles. The molecule has 0 radical (unpaired) electrons. The fourth-order valence-corrected chi connectivity index (χ4v) is 2.13. The highest BCUT2D eigenvalue weighted by molar-refractivity contribution is 5.81. The number of carbonyl (C=O) groups excluding carboxylic acids is 2. The zero-order valence-electron chi connectivity index (χ0n) is 12.1. The normalized spacial score (nSPS) is 20.0. The summed E-state index contributed by atoms with van der Waals surface area (Å²) in [6.45, 7) is 5.70. The second-order valence-corrected chi connectivity index (χ2v) is 5.44. The average molecular weight is 272 g/mol. The van der Waals surface area contributed by atoms with E-state index in [4.69, 9.17) is 4.74 Å². The first-order valence-electron chi connectivity index (χ1n) is 6.50. The van der Waals surface area contributed by atoms with E-state index in [9.17, 15) is 9.59 Å². The van der Waals surface area contributed by atoms with E-state index >= 15 is 0 Å². The highest BCUT2D eigenvalue weighted by atomic mass is 16.5. The summed E-state index contributed by atoms with van der Waals surface area (Å²) in [5, 5.41) is 6.06. The maximum atomic E-state index is 12.2. The molecule has 2 unspecified atom stereocenters. The molecule has 1 amide bonds. The van der Waals surface area contributed by atoms with E-state index in [2.05, 4.69) is 15.4 Å². The van der Waals surface area contributed by atoms with Crippen molar-refractivity contribution in [1.82, 2.24) is 10.6 Å². The van der Waals surface area contributed by atoms with E-state index in [1.807, 2.05) is 6.92 Å². The van der Waals surface area contributed by atoms with Crippen molar-refractivity contribution in [2.75, 3.05) is 33.9 Å². The van der Waals surface area contributed by atoms with Crippen LogP contribution in [0.4, 0.5) is 0 Å². The third kappa shape index (κ3) is 4.47. The molecule has 6 heteroatoms. The lowest BCUT2D eigenvalue weighted by Gasteiger charge is -2.35. The molecule has 0 aromatic rings. The van der Waals surface area contributed by atoms with Crippen LogP contribution >= 0.6 is 0 Å². The van der Waals surface area contributed by atoms with Crippen LogP contribution in [0.1, 0.15) is 20.3 Å². The van der Waals surface area contributed by atoms with Gasteiger partial charge in [-0.05, 0) is 25.9 Å². The molecule has 1 aliphatic rings. The largest absolute Gasteiger partial charge is 0.469 e. The SMILES string of the molecule is COCC(C)(CC(=O)OC)NC(=O)C(C)C1CNC1. The number of rotatable bonds is 7. The molecule has 1 rings (SSSR count). The Kier molecular flexibility index (Phi) is 5.75. The van der Waals surface area contributed by atoms with E-state index < -0.39 is 5.54 Å². The van der Waals surface area contributed by atoms with Gasteiger partial charge in [0.25, 0.3) is 0 Å². The van der Waals surface area contributed by atoms with Crippen LogP contribution in [-0.4, -0.2) is 51.3 Å². The maximum Gasteiger partial charge on any atom is 0.307 e. The van der Waals surface area contributed by atoms with Gasteiger partial charge in [0.1, 0.15) is 0 Å². The van der Waals surface area contributed by atoms with Crippen molar-refractivity contribution >= 4 is 11.9 Å². The summed E-state index contributed by atoms with van der Waals surface area (Å²) in [5.74, 6) is -0.118. The molecular formula is C13H24N2O4. The Morgan fingerprint density at radius 2 is 2.05 bits per heavy atom. The minimum atomic E-state index is -0.732. The van der Waals surface area contributed by atoms with Crippen molar-refractivity contribution in [2.24, 2.45) is 11.8 Å². The summed E-state index contributed by atoms with van der Waals surface area (Å²) in [5.41, 5.74) is -0.732. The molecular weight excluding hydrogens is 248 g/mol. The van der Waals surface area contributed by atoms with Gasteiger partial charge in [-0.3, -0.25) is 9.59 Å². The lowest BCUT2D eigenvalue weighted by atomic mass is 9.87. The van der Waals surface area contributed by atoms with Crippen molar-refractivity contribution in [3.8, 4) is 0 Å². The van der Waals surface area contributed by atoms with E-state index in [0.717, 1.165) is 13.1 Å². The van der Waals surface area contributed by atoms with Gasteiger partial charge < -0.3 is 20.1 Å². The average Bonchev–Trinajstić information content (AvgIpc) is 2.26. The predicted octanol–water partition coefficient (Wildman–Crippen LogP) is -0.0737. The zero-order valence-corrected chi connectivity index (χ0v) is 12.1. The summed E-state index contributed by atoms with van der Waals surface area (Å²) in [4.78, 5) is 23.6. The van der Waals surface area contributed by atoms with Crippen LogP contribution in [-0.2, 0) is 19.1 Å². The Labute approximate surface area is 114 Å². The van der Waals surface area contributed by atoms with Gasteiger partial charge in [-0.2, -0.15) is 0 Å². The maximum absolute atomic E-state index is 12.2. The van der Waals surface area contributed by atoms with Crippen molar-refractivity contribution in [2.45, 2.75) is 25.8 Å². The highest BCUT2D eigenvalue weighted by Gasteiger charge is 2.35. The topological polar surface area (TPSA) is 76.7 Å². The van der Waals surface area contributed by atoms with Crippen LogP contribution in [0.5, 0.6) is 0 Å². The van der Waals surface area contributed by atoms with Crippen molar-refractivity contribution in [3.05, 3.63) is 0 Å². The minimum absolute atomic E-state index is 0.0463. The molecule has 2 atom stereocenters. The van der Waals surface area contributed by atoms with Crippen LogP contribution in [0.15, 0.2) is 0 Å². The summed E-state index contributed by atoms with van der Waals surface area (Å²) >= 11 is 0. The number of hydrogen-bond acceptors (Lipinski definition) is 5. The van der Waals surface area contributed by atoms with Crippen LogP contribution < -0.4 is 10.6 Å². The van der Waals surface area contributed by atoms with Gasteiger partial charge in [-0.15, -0.1) is 0 Å². The molecule has 2 N–H and O–H groups in total. The van der Waals surface area contributed by atoms with Gasteiger partial charge in [-0.25, -0.2) is 0 Å². The number of nitrogens with one attached hydrogen (secondary N) is 2. The number of methoxy groups -OCH3 is 2. The molecule has 0 aromatic heterocycles. The molecule has 1 fully saturated rings. The molecule has 19 heavy (non-hydrogen) atoms. The van der Waals surface area contributed by atoms with E-state index in [1.165, 1.54) is 7.11 Å². The van der Waals surface area contributed by atoms with Gasteiger partial charge in [0.2, 0.25) is 5.91 Å². The third-order valence-electron chi connectivity index (χ3n) is 3.58. The molecule has 0 spiro atoms. The van der Waals surface area contributed by atoms with Crippen LogP contribution in [0.3, 0.4) is 0 Å². The van der Waals surface area contributed by atoms with E-state index in [0.29, 0.717) is 5.92 Å². The quantitative estimate of drug-likeness (QED) is 0.634. The van der Waals surface area contributed by atoms with Crippen LogP contribution in [0, 0.1) is 11.8 Å². The first kappa shape index (κ1) is 15.9. The molecule has 1 heterocycles. The van der Waals surface area contributed by atoms with Crippen molar-refractivity contribution < 1.29 is 19.1 Å². The monoisotopic (exact) mass is 272 g/mol. The number of ether oxygens (including phenoxy) is 2. The summed E-state index contributed by atoms with van der Waals surface area (Å²) in [6, 6.07) is 0. The molecule has 0 saturated carbocycles. The standard InChI is InChI=1S/C13H24N2O4/c1-9(10-6-14-7-10)12(17)15-13(2,8-18-3)5-11(16)19-4/h9-10,14H,5-8H2,1-4H3,(H,15,17). The zero-order chi connectivity index (χ0) is 14.5. The summed E-state index contributed by atoms with van der Waals surface area (Å²) in [6.07, 6.45) is 0.0959. The molecule has 6 nitrogen and oxygen atoms in total. The van der Waals surface area contributed by atoms with Crippen molar-refractivity contribution in [1.29, 1.82) is 0 Å². The van der Waals surface area contributed by atoms with Gasteiger partial charge in [0.05, 0.1) is 25.7 Å². The molecule has 0 aliphatic carbocycles. The number of hydrogen-bond donors (Lipinski definition) is 2. The van der Waals surface area contributed by atoms with Crippen molar-refractivity contribution in [3.63, 3.8) is 0 Å². The molecule has 1 aliphatic heterocycles. The third-order valence-corrected chi connectivity index (χ3v) is 3.58. The molecule has 1 saturated heterocycles. The Morgan fingerprint density at radius 3 is 2.47 bits per heavy atom. The van der Waals surface area contributed by atoms with Crippen LogP contribution in [0.2, 0.25) is 0 Å². The minimum Gasteiger partial charge on any atom is -0.469 e. The Balaban J connectivity index is 2.60. The van der Waals surface area contributed by atoms with E-state index in [-0.39, 0.29) is 30.8 Å². The molecule has 110 valence electrons. The van der Waals surface area contributed by atoms with Gasteiger partial charge >= 0.3 is 5.97 Å². The first-order valence-corrected chi connectivity index (χ1v) is 6.50. The summed E-state index contributed by atoms with van der Waals surface area (Å²) in [7, 11) is 2.88. The first-order chi connectivity index (χ1) is 8.91. The second-order valence-electron chi connectivity index (χ2n) is 5.44. The second kappa shape index (κ2) is 6.86. The number of amides is 1. The highest BCUT2D eigenvalue weighted by Crippen LogP contribution is 2.19. The number of carbonyl (C=O) groups is 2. The fourth-order valence-electron chi connectivity index (χ4n) is 2.13. The Morgan fingerprint density at radius 1 is 1.42 bits per heavy atom. The Hall–Kier alpha value is -1.14.